The molecule has 100 valence electrons. The van der Waals surface area contributed by atoms with Gasteiger partial charge >= 0.3 is 5.69 Å². The van der Waals surface area contributed by atoms with E-state index in [1.54, 1.807) is 17.7 Å². The van der Waals surface area contributed by atoms with Gasteiger partial charge < -0.3 is 5.32 Å². The lowest BCUT2D eigenvalue weighted by Gasteiger charge is -2.16. The molecule has 0 radical (unpaired) electrons. The van der Waals surface area contributed by atoms with Gasteiger partial charge in [0.2, 0.25) is 5.82 Å². The number of nitrogens with zero attached hydrogens (tertiary/aromatic N) is 3. The monoisotopic (exact) mass is 252 g/mol. The van der Waals surface area contributed by atoms with Crippen molar-refractivity contribution in [3.05, 3.63) is 28.5 Å². The third-order valence-electron chi connectivity index (χ3n) is 2.63. The minimum Gasteiger partial charge on any atom is -0.362 e. The Hall–Kier alpha value is -1.85. The summed E-state index contributed by atoms with van der Waals surface area (Å²) in [6.45, 7) is 11.2. The molecule has 1 atom stereocenters. The zero-order valence-corrected chi connectivity index (χ0v) is 11.3. The fourth-order valence-corrected chi connectivity index (χ4v) is 1.81. The molecule has 0 bridgehead atoms. The van der Waals surface area contributed by atoms with Crippen LogP contribution in [0.1, 0.15) is 38.9 Å². The summed E-state index contributed by atoms with van der Waals surface area (Å²) in [6, 6.07) is 0.144. The van der Waals surface area contributed by atoms with Crippen molar-refractivity contribution in [3.63, 3.8) is 0 Å². The van der Waals surface area contributed by atoms with Crippen LogP contribution in [0.5, 0.6) is 0 Å². The molecule has 0 spiro atoms. The van der Waals surface area contributed by atoms with Crippen LogP contribution in [0.2, 0.25) is 0 Å². The van der Waals surface area contributed by atoms with Gasteiger partial charge in [0.25, 0.3) is 0 Å². The average molecular weight is 252 g/mol. The molecule has 6 heteroatoms. The van der Waals surface area contributed by atoms with E-state index < -0.39 is 0 Å². The van der Waals surface area contributed by atoms with Crippen LogP contribution in [-0.2, 0) is 0 Å². The average Bonchev–Trinajstić information content (AvgIpc) is 2.55. The van der Waals surface area contributed by atoms with E-state index in [4.69, 9.17) is 0 Å². The van der Waals surface area contributed by atoms with E-state index in [1.807, 2.05) is 20.8 Å². The van der Waals surface area contributed by atoms with Crippen molar-refractivity contribution in [3.8, 4) is 0 Å². The first-order valence-electron chi connectivity index (χ1n) is 5.99. The molecule has 0 saturated heterocycles. The van der Waals surface area contributed by atoms with Gasteiger partial charge in [-0.25, -0.2) is 4.68 Å². The molecule has 1 rings (SSSR count). The van der Waals surface area contributed by atoms with Crippen LogP contribution in [0.4, 0.5) is 11.5 Å². The Bertz CT molecular complexity index is 451. The van der Waals surface area contributed by atoms with Gasteiger partial charge in [-0.15, -0.1) is 6.58 Å². The number of aromatic nitrogens is 2. The van der Waals surface area contributed by atoms with Crippen LogP contribution in [0.15, 0.2) is 12.7 Å². The molecule has 1 N–H and O–H groups in total. The van der Waals surface area contributed by atoms with E-state index in [0.717, 1.165) is 6.42 Å². The minimum absolute atomic E-state index is 0.0552. The molecular weight excluding hydrogens is 232 g/mol. The van der Waals surface area contributed by atoms with Crippen LogP contribution in [-0.4, -0.2) is 20.7 Å². The zero-order chi connectivity index (χ0) is 13.9. The minimum atomic E-state index is -0.385. The van der Waals surface area contributed by atoms with E-state index in [1.165, 1.54) is 0 Å². The van der Waals surface area contributed by atoms with Crippen molar-refractivity contribution in [2.75, 3.05) is 5.32 Å². The molecule has 18 heavy (non-hydrogen) atoms. The zero-order valence-electron chi connectivity index (χ0n) is 11.3. The first kappa shape index (κ1) is 14.2. The lowest BCUT2D eigenvalue weighted by Crippen LogP contribution is -2.19. The molecular formula is C12H20N4O2. The van der Waals surface area contributed by atoms with Crippen molar-refractivity contribution in [2.24, 2.45) is 0 Å². The smallest absolute Gasteiger partial charge is 0.333 e. The van der Waals surface area contributed by atoms with Gasteiger partial charge in [0.15, 0.2) is 0 Å². The van der Waals surface area contributed by atoms with Crippen molar-refractivity contribution in [1.82, 2.24) is 9.78 Å². The number of nitrogens with one attached hydrogen (secondary N) is 1. The third-order valence-corrected chi connectivity index (χ3v) is 2.63. The second-order valence-electron chi connectivity index (χ2n) is 4.65. The summed E-state index contributed by atoms with van der Waals surface area (Å²) in [5, 5.41) is 18.5. The number of rotatable bonds is 6. The van der Waals surface area contributed by atoms with Gasteiger partial charge in [-0.2, -0.15) is 5.10 Å². The maximum atomic E-state index is 11.1. The highest BCUT2D eigenvalue weighted by Crippen LogP contribution is 2.31. The Morgan fingerprint density at radius 3 is 2.61 bits per heavy atom. The van der Waals surface area contributed by atoms with Crippen molar-refractivity contribution in [2.45, 2.75) is 46.2 Å². The van der Waals surface area contributed by atoms with Crippen LogP contribution in [0.25, 0.3) is 0 Å². The predicted molar refractivity (Wildman–Crippen MR) is 71.9 cm³/mol. The molecule has 0 aliphatic carbocycles. The molecule has 0 saturated carbocycles. The number of anilines is 1. The summed E-state index contributed by atoms with van der Waals surface area (Å²) in [5.41, 5.74) is 0.488. The molecule has 0 aliphatic heterocycles. The van der Waals surface area contributed by atoms with Gasteiger partial charge in [0, 0.05) is 12.1 Å². The Balaban J connectivity index is 3.19. The second kappa shape index (κ2) is 5.66. The van der Waals surface area contributed by atoms with Gasteiger partial charge in [-0.05, 0) is 34.1 Å². The van der Waals surface area contributed by atoms with Crippen molar-refractivity contribution >= 4 is 11.5 Å². The first-order chi connectivity index (χ1) is 8.38. The van der Waals surface area contributed by atoms with Crippen LogP contribution >= 0.6 is 0 Å². The molecule has 0 aromatic carbocycles. The van der Waals surface area contributed by atoms with Crippen molar-refractivity contribution < 1.29 is 4.92 Å². The molecule has 0 amide bonds. The van der Waals surface area contributed by atoms with E-state index >= 15 is 0 Å². The van der Waals surface area contributed by atoms with Gasteiger partial charge in [-0.3, -0.25) is 10.1 Å². The van der Waals surface area contributed by atoms with Crippen molar-refractivity contribution in [1.29, 1.82) is 0 Å². The van der Waals surface area contributed by atoms with E-state index in [0.29, 0.717) is 11.5 Å². The molecule has 6 nitrogen and oxygen atoms in total. The van der Waals surface area contributed by atoms with Crippen LogP contribution < -0.4 is 5.32 Å². The maximum Gasteiger partial charge on any atom is 0.333 e. The third kappa shape index (κ3) is 2.88. The molecule has 1 aromatic rings. The highest BCUT2D eigenvalue weighted by Gasteiger charge is 2.27. The topological polar surface area (TPSA) is 73.0 Å². The quantitative estimate of drug-likeness (QED) is 0.479. The highest BCUT2D eigenvalue weighted by molar-refractivity contribution is 5.60. The Labute approximate surface area is 107 Å². The SMILES string of the molecule is C=CCC(C)Nc1c([N+](=O)[O-])c(C)nn1C(C)C. The maximum absolute atomic E-state index is 11.1. The first-order valence-corrected chi connectivity index (χ1v) is 5.99. The summed E-state index contributed by atoms with van der Waals surface area (Å²) < 4.78 is 1.66. The largest absolute Gasteiger partial charge is 0.362 e. The molecule has 1 aromatic heterocycles. The predicted octanol–water partition coefficient (Wildman–Crippen LogP) is 3.06. The number of hydrogen-bond donors (Lipinski definition) is 1. The van der Waals surface area contributed by atoms with Crippen LogP contribution in [0, 0.1) is 17.0 Å². The Morgan fingerprint density at radius 2 is 2.17 bits per heavy atom. The lowest BCUT2D eigenvalue weighted by molar-refractivity contribution is -0.384. The molecule has 1 unspecified atom stereocenters. The number of hydrogen-bond acceptors (Lipinski definition) is 4. The Kier molecular flexibility index (Phi) is 4.47. The summed E-state index contributed by atoms with van der Waals surface area (Å²) in [6.07, 6.45) is 2.52. The molecule has 1 heterocycles. The highest BCUT2D eigenvalue weighted by atomic mass is 16.6. The normalized spacial score (nSPS) is 12.5. The van der Waals surface area contributed by atoms with Gasteiger partial charge in [0.1, 0.15) is 5.69 Å². The number of nitro groups is 1. The summed E-state index contributed by atoms with van der Waals surface area (Å²) in [5.74, 6) is 0.474. The fourth-order valence-electron chi connectivity index (χ4n) is 1.81. The summed E-state index contributed by atoms with van der Waals surface area (Å²) in [4.78, 5) is 10.7. The fraction of sp³-hybridized carbons (Fsp3) is 0.583. The summed E-state index contributed by atoms with van der Waals surface area (Å²) >= 11 is 0. The van der Waals surface area contributed by atoms with E-state index in [9.17, 15) is 10.1 Å². The summed E-state index contributed by atoms with van der Waals surface area (Å²) in [7, 11) is 0. The second-order valence-corrected chi connectivity index (χ2v) is 4.65. The van der Waals surface area contributed by atoms with Gasteiger partial charge in [0.05, 0.1) is 4.92 Å². The molecule has 0 aliphatic rings. The molecule has 0 fully saturated rings. The Morgan fingerprint density at radius 1 is 1.56 bits per heavy atom. The van der Waals surface area contributed by atoms with E-state index in [-0.39, 0.29) is 22.7 Å². The van der Waals surface area contributed by atoms with Gasteiger partial charge in [-0.1, -0.05) is 6.08 Å². The van der Waals surface area contributed by atoms with E-state index in [2.05, 4.69) is 17.0 Å². The standard InChI is InChI=1S/C12H20N4O2/c1-6-7-9(4)13-12-11(16(17)18)10(5)14-15(12)8(2)3/h6,8-9,13H,1,7H2,2-5H3. The number of aryl methyl sites for hydroxylation is 1. The van der Waals surface area contributed by atoms with Crippen LogP contribution in [0.3, 0.4) is 0 Å². The lowest BCUT2D eigenvalue weighted by atomic mass is 10.2.